The van der Waals surface area contributed by atoms with E-state index < -0.39 is 0 Å². The molecule has 0 aromatic rings. The molecule has 0 aromatic heterocycles. The van der Waals surface area contributed by atoms with Gasteiger partial charge in [-0.05, 0) is 13.1 Å². The molecule has 1 aliphatic heterocycles. The molecule has 1 heterocycles. The fourth-order valence-corrected chi connectivity index (χ4v) is 0.837. The van der Waals surface area contributed by atoms with Crippen LogP contribution in [0.4, 0.5) is 0 Å². The van der Waals surface area contributed by atoms with Gasteiger partial charge in [-0.2, -0.15) is 0 Å². The molecule has 1 saturated heterocycles. The minimum atomic E-state index is 0.913. The summed E-state index contributed by atoms with van der Waals surface area (Å²) in [5.41, 5.74) is 0.944. The van der Waals surface area contributed by atoms with Crippen LogP contribution in [0, 0.1) is 0 Å². The summed E-state index contributed by atoms with van der Waals surface area (Å²) in [5.74, 6) is 0. The van der Waals surface area contributed by atoms with Crippen LogP contribution in [-0.4, -0.2) is 57.2 Å². The SMILES string of the molecule is C=CC(=C)N(C)C.CN1CCOCC1. The number of nitrogens with zero attached hydrogens (tertiary/aromatic N) is 2. The van der Waals surface area contributed by atoms with E-state index in [9.17, 15) is 0 Å². The van der Waals surface area contributed by atoms with Crippen LogP contribution in [0.2, 0.25) is 0 Å². The first-order chi connectivity index (χ1) is 6.57. The van der Waals surface area contributed by atoms with Crippen LogP contribution in [0.3, 0.4) is 0 Å². The van der Waals surface area contributed by atoms with Crippen LogP contribution in [0.1, 0.15) is 0 Å². The van der Waals surface area contributed by atoms with Gasteiger partial charge in [0.05, 0.1) is 13.2 Å². The van der Waals surface area contributed by atoms with E-state index >= 15 is 0 Å². The molecule has 1 aliphatic rings. The summed E-state index contributed by atoms with van der Waals surface area (Å²) in [4.78, 5) is 4.18. The lowest BCUT2D eigenvalue weighted by atomic mass is 10.4. The Morgan fingerprint density at radius 1 is 1.36 bits per heavy atom. The Bertz CT molecular complexity index is 172. The van der Waals surface area contributed by atoms with Crippen LogP contribution in [0.25, 0.3) is 0 Å². The minimum Gasteiger partial charge on any atom is -0.379 e. The summed E-state index contributed by atoms with van der Waals surface area (Å²) in [6.45, 7) is 11.2. The first kappa shape index (κ1) is 13.2. The summed E-state index contributed by atoms with van der Waals surface area (Å²) in [6, 6.07) is 0. The van der Waals surface area contributed by atoms with Crippen LogP contribution in [0.15, 0.2) is 24.9 Å². The van der Waals surface area contributed by atoms with E-state index in [-0.39, 0.29) is 0 Å². The van der Waals surface area contributed by atoms with E-state index in [0.29, 0.717) is 0 Å². The summed E-state index contributed by atoms with van der Waals surface area (Å²) in [6.07, 6.45) is 1.72. The van der Waals surface area contributed by atoms with Crippen LogP contribution < -0.4 is 0 Å². The quantitative estimate of drug-likeness (QED) is 0.620. The van der Waals surface area contributed by atoms with Gasteiger partial charge in [-0.3, -0.25) is 0 Å². The zero-order valence-corrected chi connectivity index (χ0v) is 9.62. The van der Waals surface area contributed by atoms with Crippen LogP contribution in [-0.2, 0) is 4.74 Å². The number of hydrogen-bond donors (Lipinski definition) is 0. The molecule has 1 rings (SSSR count). The molecule has 0 bridgehead atoms. The summed E-state index contributed by atoms with van der Waals surface area (Å²) < 4.78 is 5.10. The number of rotatable bonds is 2. The third kappa shape index (κ3) is 6.69. The highest BCUT2D eigenvalue weighted by molar-refractivity contribution is 5.07. The zero-order chi connectivity index (χ0) is 11.0. The molecule has 0 unspecified atom stereocenters. The highest BCUT2D eigenvalue weighted by Crippen LogP contribution is 1.91. The molecular formula is C11H22N2O. The predicted octanol–water partition coefficient (Wildman–Crippen LogP) is 1.20. The van der Waals surface area contributed by atoms with Gasteiger partial charge in [0.15, 0.2) is 0 Å². The van der Waals surface area contributed by atoms with Gasteiger partial charge in [0, 0.05) is 32.9 Å². The monoisotopic (exact) mass is 198 g/mol. The van der Waals surface area contributed by atoms with Crippen molar-refractivity contribution >= 4 is 0 Å². The molecule has 0 amide bonds. The Balaban J connectivity index is 0.000000241. The normalized spacial score (nSPS) is 16.5. The molecule has 0 N–H and O–H groups in total. The third-order valence-corrected chi connectivity index (χ3v) is 2.04. The largest absolute Gasteiger partial charge is 0.379 e. The Labute approximate surface area is 87.6 Å². The average molecular weight is 198 g/mol. The van der Waals surface area contributed by atoms with Crippen molar-refractivity contribution in [3.05, 3.63) is 24.9 Å². The van der Waals surface area contributed by atoms with Gasteiger partial charge in [-0.1, -0.05) is 13.2 Å². The maximum atomic E-state index is 5.10. The Morgan fingerprint density at radius 3 is 2.00 bits per heavy atom. The second-order valence-corrected chi connectivity index (χ2v) is 3.51. The van der Waals surface area contributed by atoms with Gasteiger partial charge in [0.2, 0.25) is 0 Å². The van der Waals surface area contributed by atoms with Gasteiger partial charge in [-0.15, -0.1) is 0 Å². The maximum absolute atomic E-state index is 5.10. The molecule has 14 heavy (non-hydrogen) atoms. The van der Waals surface area contributed by atoms with Gasteiger partial charge in [0.25, 0.3) is 0 Å². The van der Waals surface area contributed by atoms with Crippen molar-refractivity contribution in [1.82, 2.24) is 9.80 Å². The van der Waals surface area contributed by atoms with E-state index in [1.54, 1.807) is 6.08 Å². The van der Waals surface area contributed by atoms with E-state index in [4.69, 9.17) is 4.74 Å². The second kappa shape index (κ2) is 7.59. The molecule has 3 heteroatoms. The molecule has 0 aliphatic carbocycles. The fraction of sp³-hybridized carbons (Fsp3) is 0.636. The number of morpholine rings is 1. The van der Waals surface area contributed by atoms with Crippen molar-refractivity contribution in [1.29, 1.82) is 0 Å². The van der Waals surface area contributed by atoms with Crippen LogP contribution >= 0.6 is 0 Å². The summed E-state index contributed by atoms with van der Waals surface area (Å²) in [5, 5.41) is 0. The number of hydrogen-bond acceptors (Lipinski definition) is 3. The first-order valence-electron chi connectivity index (χ1n) is 4.83. The molecule has 0 saturated carbocycles. The lowest BCUT2D eigenvalue weighted by Crippen LogP contribution is -2.32. The lowest BCUT2D eigenvalue weighted by molar-refractivity contribution is 0.0503. The van der Waals surface area contributed by atoms with Crippen molar-refractivity contribution in [3.63, 3.8) is 0 Å². The van der Waals surface area contributed by atoms with Gasteiger partial charge < -0.3 is 14.5 Å². The number of ether oxygens (including phenoxy) is 1. The zero-order valence-electron chi connectivity index (χ0n) is 9.62. The Kier molecular flexibility index (Phi) is 7.16. The molecule has 3 nitrogen and oxygen atoms in total. The van der Waals surface area contributed by atoms with Crippen molar-refractivity contribution in [3.8, 4) is 0 Å². The molecular weight excluding hydrogens is 176 g/mol. The second-order valence-electron chi connectivity index (χ2n) is 3.51. The predicted molar refractivity (Wildman–Crippen MR) is 61.3 cm³/mol. The Hall–Kier alpha value is -0.800. The lowest BCUT2D eigenvalue weighted by Gasteiger charge is -2.21. The van der Waals surface area contributed by atoms with Gasteiger partial charge >= 0.3 is 0 Å². The molecule has 1 fully saturated rings. The molecule has 0 radical (unpaired) electrons. The third-order valence-electron chi connectivity index (χ3n) is 2.04. The van der Waals surface area contributed by atoms with Crippen molar-refractivity contribution in [2.75, 3.05) is 47.4 Å². The van der Waals surface area contributed by atoms with Crippen molar-refractivity contribution in [2.24, 2.45) is 0 Å². The smallest absolute Gasteiger partial charge is 0.0594 e. The van der Waals surface area contributed by atoms with Crippen molar-refractivity contribution in [2.45, 2.75) is 0 Å². The first-order valence-corrected chi connectivity index (χ1v) is 4.83. The van der Waals surface area contributed by atoms with E-state index in [0.717, 1.165) is 32.0 Å². The number of allylic oxidation sites excluding steroid dienone is 1. The topological polar surface area (TPSA) is 15.7 Å². The Morgan fingerprint density at radius 2 is 1.86 bits per heavy atom. The molecule has 0 atom stereocenters. The summed E-state index contributed by atoms with van der Waals surface area (Å²) in [7, 11) is 5.98. The van der Waals surface area contributed by atoms with Gasteiger partial charge in [-0.25, -0.2) is 0 Å². The molecule has 0 aromatic carbocycles. The van der Waals surface area contributed by atoms with Crippen LogP contribution in [0.5, 0.6) is 0 Å². The van der Waals surface area contributed by atoms with E-state index in [1.165, 1.54) is 0 Å². The average Bonchev–Trinajstić information content (AvgIpc) is 2.18. The maximum Gasteiger partial charge on any atom is 0.0594 e. The van der Waals surface area contributed by atoms with E-state index in [1.807, 2.05) is 19.0 Å². The number of likely N-dealkylation sites (N-methyl/N-ethyl adjacent to an activating group) is 2. The fourth-order valence-electron chi connectivity index (χ4n) is 0.837. The molecule has 0 spiro atoms. The van der Waals surface area contributed by atoms with Gasteiger partial charge in [0.1, 0.15) is 0 Å². The standard InChI is InChI=1S/C6H11N.C5H11NO/c1-5-6(2)7(3)4;1-6-2-4-7-5-3-6/h5H,1-2H2,3-4H3;2-5H2,1H3. The highest BCUT2D eigenvalue weighted by Gasteiger charge is 2.02. The minimum absolute atomic E-state index is 0.913. The molecule has 82 valence electrons. The van der Waals surface area contributed by atoms with Crippen molar-refractivity contribution < 1.29 is 4.74 Å². The highest BCUT2D eigenvalue weighted by atomic mass is 16.5. The summed E-state index contributed by atoms with van der Waals surface area (Å²) >= 11 is 0. The van der Waals surface area contributed by atoms with E-state index in [2.05, 4.69) is 25.1 Å².